The molecule has 0 spiro atoms. The van der Waals surface area contributed by atoms with E-state index >= 15 is 0 Å². The van der Waals surface area contributed by atoms with Crippen LogP contribution in [0, 0.1) is 5.41 Å². The van der Waals surface area contributed by atoms with Crippen molar-refractivity contribution in [3.05, 3.63) is 30.3 Å². The number of hydrogen-bond donors (Lipinski definition) is 0. The Hall–Kier alpha value is -0.791. The minimum absolute atomic E-state index is 0.231. The van der Waals surface area contributed by atoms with E-state index in [9.17, 15) is 4.79 Å². The predicted octanol–water partition coefficient (Wildman–Crippen LogP) is 2.08. The first-order valence-corrected chi connectivity index (χ1v) is 8.50. The van der Waals surface area contributed by atoms with Crippen LogP contribution >= 0.6 is 0 Å². The normalized spacial score (nSPS) is 22.2. The van der Waals surface area contributed by atoms with Crippen LogP contribution in [0.2, 0.25) is 5.32 Å². The van der Waals surface area contributed by atoms with Crippen molar-refractivity contribution in [2.75, 3.05) is 6.54 Å². The van der Waals surface area contributed by atoms with Gasteiger partial charge in [-0.25, -0.2) is 0 Å². The fourth-order valence-electron chi connectivity index (χ4n) is 2.63. The predicted molar refractivity (Wildman–Crippen MR) is 76.2 cm³/mol. The topological polar surface area (TPSA) is 20.3 Å². The van der Waals surface area contributed by atoms with E-state index in [1.54, 1.807) is 6.92 Å². The van der Waals surface area contributed by atoms with Crippen molar-refractivity contribution in [2.45, 2.75) is 38.6 Å². The molecule has 98 valence electrons. The van der Waals surface area contributed by atoms with E-state index in [4.69, 9.17) is 0 Å². The van der Waals surface area contributed by atoms with Gasteiger partial charge in [0.1, 0.15) is 0 Å². The average Bonchev–Trinajstić information content (AvgIpc) is 2.64. The number of nitrogens with zero attached hydrogens (tertiary/aromatic N) is 1. The van der Waals surface area contributed by atoms with Gasteiger partial charge in [0, 0.05) is 0 Å². The summed E-state index contributed by atoms with van der Waals surface area (Å²) in [6.07, 6.45) is 1.14. The maximum atomic E-state index is 11.7. The van der Waals surface area contributed by atoms with Gasteiger partial charge in [-0.1, -0.05) is 0 Å². The molecular formula is C15H21NOSe. The number of carbonyl (C=O) groups is 1. The first kappa shape index (κ1) is 13.6. The molecule has 1 aromatic rings. The second-order valence-electron chi connectivity index (χ2n) is 5.79. The Morgan fingerprint density at radius 2 is 2.06 bits per heavy atom. The first-order valence-electron chi connectivity index (χ1n) is 6.43. The molecule has 0 bridgehead atoms. The zero-order chi connectivity index (χ0) is 13.2. The first-order chi connectivity index (χ1) is 8.48. The van der Waals surface area contributed by atoms with E-state index < -0.39 is 0 Å². The van der Waals surface area contributed by atoms with E-state index in [0.717, 1.165) is 18.3 Å². The Bertz CT molecular complexity index is 416. The van der Waals surface area contributed by atoms with Gasteiger partial charge in [0.2, 0.25) is 0 Å². The van der Waals surface area contributed by atoms with Crippen LogP contribution in [0.3, 0.4) is 0 Å². The second-order valence-corrected chi connectivity index (χ2v) is 8.09. The average molecular weight is 310 g/mol. The van der Waals surface area contributed by atoms with Gasteiger partial charge in [-0.2, -0.15) is 0 Å². The van der Waals surface area contributed by atoms with Crippen molar-refractivity contribution < 1.29 is 4.79 Å². The number of hydrogen-bond acceptors (Lipinski definition) is 1. The molecule has 0 aromatic heterocycles. The standard InChI is InChI=1S/C15H21NOSe/c1-12(17)16-11-15(2,3)9-13(16)10-18-14-7-5-4-6-8-14/h4-8,13H,9-11H2,1-3H3. The Balaban J connectivity index is 1.97. The zero-order valence-corrected chi connectivity index (χ0v) is 13.1. The van der Waals surface area contributed by atoms with E-state index in [0.29, 0.717) is 21.0 Å². The van der Waals surface area contributed by atoms with Crippen LogP contribution in [-0.4, -0.2) is 38.4 Å². The van der Waals surface area contributed by atoms with Gasteiger partial charge in [-0.15, -0.1) is 0 Å². The molecule has 1 heterocycles. The SMILES string of the molecule is CC(=O)N1CC(C)(C)CC1C[Se]c1ccccc1. The van der Waals surface area contributed by atoms with Crippen LogP contribution < -0.4 is 4.46 Å². The van der Waals surface area contributed by atoms with Gasteiger partial charge in [-0.05, 0) is 0 Å². The summed E-state index contributed by atoms with van der Waals surface area (Å²) in [4.78, 5) is 13.8. The fourth-order valence-corrected chi connectivity index (χ4v) is 4.79. The summed E-state index contributed by atoms with van der Waals surface area (Å²) in [7, 11) is 0. The summed E-state index contributed by atoms with van der Waals surface area (Å²) < 4.78 is 1.43. The molecule has 0 N–H and O–H groups in total. The molecule has 3 heteroatoms. The number of likely N-dealkylation sites (tertiary alicyclic amines) is 1. The van der Waals surface area contributed by atoms with Gasteiger partial charge in [0.25, 0.3) is 0 Å². The molecule has 1 aromatic carbocycles. The molecule has 2 nitrogen and oxygen atoms in total. The fraction of sp³-hybridized carbons (Fsp3) is 0.533. The molecular weight excluding hydrogens is 289 g/mol. The number of carbonyl (C=O) groups excluding carboxylic acids is 1. The Morgan fingerprint density at radius 1 is 1.39 bits per heavy atom. The summed E-state index contributed by atoms with van der Waals surface area (Å²) in [5.41, 5.74) is 0.281. The summed E-state index contributed by atoms with van der Waals surface area (Å²) in [6.45, 7) is 7.14. The third kappa shape index (κ3) is 3.36. The van der Waals surface area contributed by atoms with Crippen molar-refractivity contribution in [1.82, 2.24) is 4.90 Å². The molecule has 0 saturated carbocycles. The van der Waals surface area contributed by atoms with E-state index in [-0.39, 0.29) is 11.3 Å². The number of rotatable bonds is 3. The molecule has 1 fully saturated rings. The molecule has 0 radical (unpaired) electrons. The number of amides is 1. The van der Waals surface area contributed by atoms with Crippen molar-refractivity contribution in [3.63, 3.8) is 0 Å². The van der Waals surface area contributed by atoms with Gasteiger partial charge in [0.15, 0.2) is 0 Å². The quantitative estimate of drug-likeness (QED) is 0.783. The van der Waals surface area contributed by atoms with Crippen LogP contribution in [0.4, 0.5) is 0 Å². The molecule has 1 amide bonds. The van der Waals surface area contributed by atoms with E-state index in [2.05, 4.69) is 49.1 Å². The second kappa shape index (κ2) is 5.46. The van der Waals surface area contributed by atoms with Crippen LogP contribution in [0.15, 0.2) is 30.3 Å². The summed E-state index contributed by atoms with van der Waals surface area (Å²) in [5, 5.41) is 1.14. The molecule has 1 atom stereocenters. The van der Waals surface area contributed by atoms with Crippen LogP contribution in [0.5, 0.6) is 0 Å². The van der Waals surface area contributed by atoms with Crippen molar-refractivity contribution >= 4 is 25.3 Å². The molecule has 1 saturated heterocycles. The van der Waals surface area contributed by atoms with Crippen molar-refractivity contribution in [2.24, 2.45) is 5.41 Å². The summed E-state index contributed by atoms with van der Waals surface area (Å²) >= 11 is 0.472. The molecule has 1 aliphatic heterocycles. The summed E-state index contributed by atoms with van der Waals surface area (Å²) in [6, 6.07) is 11.1. The van der Waals surface area contributed by atoms with Crippen LogP contribution in [0.1, 0.15) is 27.2 Å². The van der Waals surface area contributed by atoms with Gasteiger partial charge in [0.05, 0.1) is 0 Å². The van der Waals surface area contributed by atoms with Gasteiger partial charge < -0.3 is 0 Å². The Morgan fingerprint density at radius 3 is 2.67 bits per heavy atom. The zero-order valence-electron chi connectivity index (χ0n) is 11.3. The molecule has 1 unspecified atom stereocenters. The molecule has 2 rings (SSSR count). The third-order valence-electron chi connectivity index (χ3n) is 3.42. The molecule has 1 aliphatic rings. The van der Waals surface area contributed by atoms with Crippen LogP contribution in [0.25, 0.3) is 0 Å². The van der Waals surface area contributed by atoms with Crippen molar-refractivity contribution in [3.8, 4) is 0 Å². The van der Waals surface area contributed by atoms with Crippen LogP contribution in [-0.2, 0) is 4.79 Å². The Kier molecular flexibility index (Phi) is 4.14. The van der Waals surface area contributed by atoms with Crippen molar-refractivity contribution in [1.29, 1.82) is 0 Å². The molecule has 18 heavy (non-hydrogen) atoms. The monoisotopic (exact) mass is 311 g/mol. The van der Waals surface area contributed by atoms with E-state index in [1.165, 1.54) is 4.46 Å². The third-order valence-corrected chi connectivity index (χ3v) is 5.84. The summed E-state index contributed by atoms with van der Waals surface area (Å²) in [5.74, 6) is 0.231. The van der Waals surface area contributed by atoms with Gasteiger partial charge in [-0.3, -0.25) is 0 Å². The van der Waals surface area contributed by atoms with E-state index in [1.807, 2.05) is 0 Å². The minimum atomic E-state index is 0.231. The molecule has 0 aliphatic carbocycles. The Labute approximate surface area is 116 Å². The van der Waals surface area contributed by atoms with Gasteiger partial charge >= 0.3 is 116 Å². The maximum absolute atomic E-state index is 11.7. The number of benzene rings is 1.